The first-order valence-corrected chi connectivity index (χ1v) is 8.93. The molecule has 0 bridgehead atoms. The van der Waals surface area contributed by atoms with Crippen molar-refractivity contribution in [1.29, 1.82) is 0 Å². The molecular formula is C21H23ClFN3O. The van der Waals surface area contributed by atoms with Crippen molar-refractivity contribution in [1.82, 2.24) is 9.58 Å². The first-order chi connectivity index (χ1) is 12.6. The van der Waals surface area contributed by atoms with Crippen LogP contribution in [0.3, 0.4) is 0 Å². The molecule has 1 saturated heterocycles. The fourth-order valence-corrected chi connectivity index (χ4v) is 3.97. The van der Waals surface area contributed by atoms with E-state index >= 15 is 0 Å². The second kappa shape index (κ2) is 7.71. The van der Waals surface area contributed by atoms with Gasteiger partial charge in [-0.1, -0.05) is 18.2 Å². The van der Waals surface area contributed by atoms with Gasteiger partial charge in [-0.2, -0.15) is 0 Å². The maximum atomic E-state index is 13.3. The molecule has 0 atom stereocenters. The molecular weight excluding hydrogens is 365 g/mol. The number of carbonyl (C=O) groups is 1. The molecule has 1 aromatic heterocycles. The third-order valence-electron chi connectivity index (χ3n) is 5.40. The van der Waals surface area contributed by atoms with Crippen LogP contribution in [0.25, 0.3) is 10.9 Å². The van der Waals surface area contributed by atoms with Gasteiger partial charge >= 0.3 is 0 Å². The van der Waals surface area contributed by atoms with Gasteiger partial charge in [-0.15, -0.1) is 12.4 Å². The van der Waals surface area contributed by atoms with E-state index in [0.29, 0.717) is 17.2 Å². The van der Waals surface area contributed by atoms with Crippen LogP contribution in [-0.2, 0) is 0 Å². The van der Waals surface area contributed by atoms with E-state index in [9.17, 15) is 9.18 Å². The molecule has 2 heterocycles. The summed E-state index contributed by atoms with van der Waals surface area (Å²) in [4.78, 5) is 15.5. The largest absolute Gasteiger partial charge is 0.338 e. The van der Waals surface area contributed by atoms with Gasteiger partial charge in [0.15, 0.2) is 0 Å². The van der Waals surface area contributed by atoms with Crippen LogP contribution in [0.2, 0.25) is 0 Å². The molecule has 0 spiro atoms. The lowest BCUT2D eigenvalue weighted by atomic mass is 9.86. The molecule has 0 aliphatic carbocycles. The molecule has 0 unspecified atom stereocenters. The Bertz CT molecular complexity index is 959. The number of rotatable bonds is 3. The number of likely N-dealkylation sites (tertiary alicyclic amines) is 1. The van der Waals surface area contributed by atoms with Crippen LogP contribution in [0, 0.1) is 5.82 Å². The molecule has 2 aromatic carbocycles. The molecule has 6 heteroatoms. The standard InChI is InChI=1S/C21H22FN3O.ClH/c1-24-12-10-14(11-13-24)19-17-4-2-3-5-18(17)25(23)20(19)21(26)15-6-8-16(22)9-7-15;/h2-9,14H,10-13,23H2,1H3;1H. The predicted molar refractivity (Wildman–Crippen MR) is 109 cm³/mol. The van der Waals surface area contributed by atoms with Crippen molar-refractivity contribution in [2.45, 2.75) is 18.8 Å². The van der Waals surface area contributed by atoms with Gasteiger partial charge in [0.25, 0.3) is 0 Å². The molecule has 4 rings (SSSR count). The minimum absolute atomic E-state index is 0. The van der Waals surface area contributed by atoms with Crippen molar-refractivity contribution < 1.29 is 9.18 Å². The van der Waals surface area contributed by atoms with Gasteiger partial charge in [0, 0.05) is 10.9 Å². The summed E-state index contributed by atoms with van der Waals surface area (Å²) in [6, 6.07) is 13.5. The van der Waals surface area contributed by atoms with E-state index < -0.39 is 0 Å². The Morgan fingerprint density at radius 1 is 1.07 bits per heavy atom. The van der Waals surface area contributed by atoms with Gasteiger partial charge in [-0.05, 0) is 74.8 Å². The van der Waals surface area contributed by atoms with E-state index in [1.54, 1.807) is 0 Å². The molecule has 0 amide bonds. The lowest BCUT2D eigenvalue weighted by molar-refractivity contribution is 0.103. The fraction of sp³-hybridized carbons (Fsp3) is 0.286. The van der Waals surface area contributed by atoms with Gasteiger partial charge in [0.2, 0.25) is 5.78 Å². The highest BCUT2D eigenvalue weighted by Crippen LogP contribution is 2.37. The zero-order valence-electron chi connectivity index (χ0n) is 15.2. The molecule has 4 nitrogen and oxygen atoms in total. The molecule has 27 heavy (non-hydrogen) atoms. The van der Waals surface area contributed by atoms with Crippen LogP contribution < -0.4 is 5.84 Å². The normalized spacial score (nSPS) is 15.6. The maximum Gasteiger partial charge on any atom is 0.211 e. The van der Waals surface area contributed by atoms with Crippen molar-refractivity contribution in [3.63, 3.8) is 0 Å². The van der Waals surface area contributed by atoms with E-state index in [1.165, 1.54) is 28.9 Å². The number of benzene rings is 2. The molecule has 0 saturated carbocycles. The highest BCUT2D eigenvalue weighted by molar-refractivity contribution is 6.12. The molecule has 2 N–H and O–H groups in total. The zero-order chi connectivity index (χ0) is 18.3. The average Bonchev–Trinajstić information content (AvgIpc) is 2.95. The molecule has 142 valence electrons. The Kier molecular flexibility index (Phi) is 5.53. The summed E-state index contributed by atoms with van der Waals surface area (Å²) < 4.78 is 14.8. The molecule has 1 fully saturated rings. The van der Waals surface area contributed by atoms with Crippen LogP contribution in [0.5, 0.6) is 0 Å². The smallest absolute Gasteiger partial charge is 0.211 e. The number of hydrogen-bond donors (Lipinski definition) is 1. The number of piperidine rings is 1. The first-order valence-electron chi connectivity index (χ1n) is 8.93. The van der Waals surface area contributed by atoms with Crippen LogP contribution in [0.15, 0.2) is 48.5 Å². The first kappa shape index (κ1) is 19.4. The molecule has 3 aromatic rings. The molecule has 0 radical (unpaired) electrons. The summed E-state index contributed by atoms with van der Waals surface area (Å²) in [5.74, 6) is 6.13. The van der Waals surface area contributed by atoms with Crippen LogP contribution in [-0.4, -0.2) is 35.5 Å². The molecule has 1 aliphatic rings. The number of aromatic nitrogens is 1. The maximum absolute atomic E-state index is 13.3. The Labute approximate surface area is 164 Å². The lowest BCUT2D eigenvalue weighted by Gasteiger charge is -2.29. The highest BCUT2D eigenvalue weighted by atomic mass is 35.5. The van der Waals surface area contributed by atoms with Crippen molar-refractivity contribution in [3.8, 4) is 0 Å². The van der Waals surface area contributed by atoms with Gasteiger partial charge in [0.05, 0.1) is 5.52 Å². The van der Waals surface area contributed by atoms with Crippen LogP contribution >= 0.6 is 12.4 Å². The number of carbonyl (C=O) groups excluding carboxylic acids is 1. The topological polar surface area (TPSA) is 51.3 Å². The Morgan fingerprint density at radius 2 is 1.70 bits per heavy atom. The van der Waals surface area contributed by atoms with Gasteiger partial charge < -0.3 is 10.7 Å². The highest BCUT2D eigenvalue weighted by Gasteiger charge is 2.29. The quantitative estimate of drug-likeness (QED) is 0.546. The Balaban J connectivity index is 0.00000210. The van der Waals surface area contributed by atoms with Gasteiger partial charge in [-0.25, -0.2) is 4.39 Å². The van der Waals surface area contributed by atoms with Crippen molar-refractivity contribution in [2.75, 3.05) is 26.0 Å². The van der Waals surface area contributed by atoms with Crippen molar-refractivity contribution in [3.05, 3.63) is 71.2 Å². The number of ketones is 1. The van der Waals surface area contributed by atoms with E-state index in [1.807, 2.05) is 24.3 Å². The minimum atomic E-state index is -0.356. The number of hydrogen-bond acceptors (Lipinski definition) is 3. The van der Waals surface area contributed by atoms with Crippen molar-refractivity contribution in [2.24, 2.45) is 0 Å². The summed E-state index contributed by atoms with van der Waals surface area (Å²) in [7, 11) is 2.12. The van der Waals surface area contributed by atoms with Crippen LogP contribution in [0.4, 0.5) is 4.39 Å². The average molecular weight is 388 g/mol. The summed E-state index contributed by atoms with van der Waals surface area (Å²) >= 11 is 0. The van der Waals surface area contributed by atoms with Crippen LogP contribution in [0.1, 0.15) is 40.4 Å². The Hall–Kier alpha value is -2.37. The summed E-state index contributed by atoms with van der Waals surface area (Å²) in [6.45, 7) is 2.00. The third-order valence-corrected chi connectivity index (χ3v) is 5.40. The predicted octanol–water partition coefficient (Wildman–Crippen LogP) is 3.96. The van der Waals surface area contributed by atoms with E-state index in [0.717, 1.165) is 42.4 Å². The van der Waals surface area contributed by atoms with Gasteiger partial charge in [0.1, 0.15) is 11.5 Å². The second-order valence-electron chi connectivity index (χ2n) is 7.06. The third kappa shape index (κ3) is 3.45. The molecule has 1 aliphatic heterocycles. The van der Waals surface area contributed by atoms with Crippen molar-refractivity contribution >= 4 is 29.1 Å². The summed E-state index contributed by atoms with van der Waals surface area (Å²) in [5, 5.41) is 1.04. The fourth-order valence-electron chi connectivity index (χ4n) is 3.97. The minimum Gasteiger partial charge on any atom is -0.338 e. The number of nitrogens with two attached hydrogens (primary N) is 1. The van der Waals surface area contributed by atoms with E-state index in [4.69, 9.17) is 5.84 Å². The summed E-state index contributed by atoms with van der Waals surface area (Å²) in [6.07, 6.45) is 1.99. The number of nitrogen functional groups attached to an aromatic ring is 1. The zero-order valence-corrected chi connectivity index (χ0v) is 16.0. The van der Waals surface area contributed by atoms with Gasteiger partial charge in [-0.3, -0.25) is 9.47 Å². The number of fused-ring (bicyclic) bond motifs is 1. The summed E-state index contributed by atoms with van der Waals surface area (Å²) in [5.41, 5.74) is 2.86. The van der Waals surface area contributed by atoms with E-state index in [-0.39, 0.29) is 24.0 Å². The lowest BCUT2D eigenvalue weighted by Crippen LogP contribution is -2.30. The Morgan fingerprint density at radius 3 is 2.37 bits per heavy atom. The number of para-hydroxylation sites is 1. The second-order valence-corrected chi connectivity index (χ2v) is 7.06. The number of halogens is 2. The SMILES string of the molecule is CN1CCC(c2c(C(=O)c3ccc(F)cc3)n(N)c3ccccc23)CC1.Cl. The number of nitrogens with zero attached hydrogens (tertiary/aromatic N) is 2. The van der Waals surface area contributed by atoms with E-state index in [2.05, 4.69) is 11.9 Å². The monoisotopic (exact) mass is 387 g/mol.